The van der Waals surface area contributed by atoms with Gasteiger partial charge in [0.1, 0.15) is 0 Å². The summed E-state index contributed by atoms with van der Waals surface area (Å²) in [6.07, 6.45) is -1.04. The lowest BCUT2D eigenvalue weighted by Crippen LogP contribution is -2.45. The summed E-state index contributed by atoms with van der Waals surface area (Å²) in [5.41, 5.74) is 4.81. The molecule has 0 radical (unpaired) electrons. The second-order valence-corrected chi connectivity index (χ2v) is 3.20. The Bertz CT molecular complexity index is 183. The zero-order valence-electron chi connectivity index (χ0n) is 7.64. The van der Waals surface area contributed by atoms with Crippen LogP contribution < -0.4 is 5.73 Å². The van der Waals surface area contributed by atoms with Crippen molar-refractivity contribution in [2.75, 3.05) is 13.0 Å². The normalized spacial score (nSPS) is 12.5. The van der Waals surface area contributed by atoms with Crippen LogP contribution in [0.1, 0.15) is 13.8 Å². The molecular weight excluding hydrogens is 184 g/mol. The van der Waals surface area contributed by atoms with E-state index in [-0.39, 0.29) is 12.6 Å². The average molecular weight is 197 g/mol. The van der Waals surface area contributed by atoms with Gasteiger partial charge in [-0.2, -0.15) is 0 Å². The minimum absolute atomic E-state index is 0.337. The Morgan fingerprint density at radius 2 is 1.92 bits per heavy atom. The molecule has 0 saturated heterocycles. The fourth-order valence-electron chi connectivity index (χ4n) is 0.924. The third kappa shape index (κ3) is 6.45. The molecule has 0 unspecified atom stereocenters. The van der Waals surface area contributed by atoms with E-state index in [4.69, 9.17) is 5.73 Å². The summed E-state index contributed by atoms with van der Waals surface area (Å²) in [5, 5.41) is 0. The highest BCUT2D eigenvalue weighted by atomic mass is 19.4. The van der Waals surface area contributed by atoms with Gasteiger partial charge in [0.2, 0.25) is 5.91 Å². The van der Waals surface area contributed by atoms with Crippen molar-refractivity contribution in [1.29, 1.82) is 0 Å². The molecule has 0 rings (SSSR count). The van der Waals surface area contributed by atoms with E-state index in [1.165, 1.54) is 0 Å². The van der Waals surface area contributed by atoms with Gasteiger partial charge in [0.25, 0.3) is 0 Å². The van der Waals surface area contributed by atoms with Crippen LogP contribution >= 0.6 is 0 Å². The van der Waals surface area contributed by atoms with Gasteiger partial charge in [-0.1, -0.05) is 0 Å². The number of amides is 1. The second kappa shape index (κ2) is 4.50. The van der Waals surface area contributed by atoms with E-state index in [9.17, 15) is 17.7 Å². The molecule has 0 saturated carbocycles. The minimum atomic E-state index is -4.89. The Hall–Kier alpha value is -0.715. The van der Waals surface area contributed by atoms with Crippen molar-refractivity contribution in [3.63, 3.8) is 0 Å². The molecular formula is C6H13BF3N2O-. The van der Waals surface area contributed by atoms with Crippen LogP contribution in [0.2, 0.25) is 0 Å². The number of nitrogens with two attached hydrogens (primary N) is 1. The molecule has 2 N–H and O–H groups in total. The molecule has 0 atom stereocenters. The van der Waals surface area contributed by atoms with Crippen molar-refractivity contribution >= 4 is 12.9 Å². The van der Waals surface area contributed by atoms with Crippen molar-refractivity contribution in [2.45, 2.75) is 19.9 Å². The summed E-state index contributed by atoms with van der Waals surface area (Å²) in [7, 11) is 0. The Kier molecular flexibility index (Phi) is 4.25. The zero-order valence-corrected chi connectivity index (χ0v) is 7.64. The Balaban J connectivity index is 4.19. The van der Waals surface area contributed by atoms with E-state index in [0.29, 0.717) is 0 Å². The van der Waals surface area contributed by atoms with Crippen LogP contribution in [0.3, 0.4) is 0 Å². The summed E-state index contributed by atoms with van der Waals surface area (Å²) in [5.74, 6) is -0.742. The smallest absolute Gasteiger partial charge is 0.448 e. The topological polar surface area (TPSA) is 46.3 Å². The van der Waals surface area contributed by atoms with Gasteiger partial charge in [0, 0.05) is 6.04 Å². The fourth-order valence-corrected chi connectivity index (χ4v) is 0.924. The molecule has 0 aromatic rings. The molecule has 3 nitrogen and oxygen atoms in total. The SMILES string of the molecule is CC(C)N(CC(N)=O)C[B-](F)(F)F. The third-order valence-corrected chi connectivity index (χ3v) is 1.53. The van der Waals surface area contributed by atoms with E-state index in [1.807, 2.05) is 0 Å². The molecule has 0 aliphatic rings. The van der Waals surface area contributed by atoms with E-state index in [1.54, 1.807) is 13.8 Å². The predicted octanol–water partition coefficient (Wildman–Crippen LogP) is 0.569. The lowest BCUT2D eigenvalue weighted by Gasteiger charge is -2.29. The van der Waals surface area contributed by atoms with E-state index >= 15 is 0 Å². The number of carbonyl (C=O) groups excluding carboxylic acids is 1. The Morgan fingerprint density at radius 1 is 1.46 bits per heavy atom. The van der Waals surface area contributed by atoms with Gasteiger partial charge in [-0.3, -0.25) is 4.79 Å². The highest BCUT2D eigenvalue weighted by Gasteiger charge is 2.28. The monoisotopic (exact) mass is 197 g/mol. The number of hydrogen-bond acceptors (Lipinski definition) is 2. The lowest BCUT2D eigenvalue weighted by molar-refractivity contribution is -0.119. The number of nitrogens with zero attached hydrogens (tertiary/aromatic N) is 1. The summed E-state index contributed by atoms with van der Waals surface area (Å²) in [4.78, 5) is 11.4. The number of hydrogen-bond donors (Lipinski definition) is 1. The summed E-state index contributed by atoms with van der Waals surface area (Å²) < 4.78 is 36.0. The first-order valence-corrected chi connectivity index (χ1v) is 3.95. The molecule has 0 spiro atoms. The number of halogens is 3. The molecule has 0 aliphatic carbocycles. The van der Waals surface area contributed by atoms with Crippen molar-refractivity contribution in [3.05, 3.63) is 0 Å². The number of carbonyl (C=O) groups is 1. The maximum atomic E-state index is 12.0. The maximum Gasteiger partial charge on any atom is 0.492 e. The standard InChI is InChI=1S/C6H13BF3N2O/c1-5(2)12(3-6(11)13)4-7(8,9)10/h5H,3-4H2,1-2H3,(H2,11,13)/q-1. The van der Waals surface area contributed by atoms with Crippen LogP contribution in [0.15, 0.2) is 0 Å². The molecule has 0 aromatic carbocycles. The first-order chi connectivity index (χ1) is 5.72. The van der Waals surface area contributed by atoms with Crippen LogP contribution in [0.5, 0.6) is 0 Å². The molecule has 78 valence electrons. The lowest BCUT2D eigenvalue weighted by atomic mass is 9.90. The summed E-state index contributed by atoms with van der Waals surface area (Å²) in [6, 6.07) is -0.337. The predicted molar refractivity (Wildman–Crippen MR) is 45.0 cm³/mol. The first kappa shape index (κ1) is 12.3. The summed E-state index contributed by atoms with van der Waals surface area (Å²) >= 11 is 0. The van der Waals surface area contributed by atoms with Gasteiger partial charge in [-0.25, -0.2) is 0 Å². The van der Waals surface area contributed by atoms with Crippen molar-refractivity contribution in [3.8, 4) is 0 Å². The van der Waals surface area contributed by atoms with Crippen molar-refractivity contribution in [2.24, 2.45) is 5.73 Å². The zero-order chi connectivity index (χ0) is 10.6. The molecule has 0 aromatic heterocycles. The Labute approximate surface area is 75.1 Å². The van der Waals surface area contributed by atoms with Crippen LogP contribution in [0.25, 0.3) is 0 Å². The van der Waals surface area contributed by atoms with Crippen LogP contribution in [-0.2, 0) is 4.79 Å². The van der Waals surface area contributed by atoms with Crippen LogP contribution in [0.4, 0.5) is 12.9 Å². The highest BCUT2D eigenvalue weighted by Crippen LogP contribution is 2.12. The van der Waals surface area contributed by atoms with Gasteiger partial charge in [0.15, 0.2) is 0 Å². The first-order valence-electron chi connectivity index (χ1n) is 3.95. The van der Waals surface area contributed by atoms with Gasteiger partial charge in [-0.05, 0) is 20.3 Å². The third-order valence-electron chi connectivity index (χ3n) is 1.53. The van der Waals surface area contributed by atoms with E-state index < -0.39 is 19.3 Å². The van der Waals surface area contributed by atoms with Crippen LogP contribution in [-0.4, -0.2) is 36.8 Å². The van der Waals surface area contributed by atoms with Crippen molar-refractivity contribution in [1.82, 2.24) is 4.90 Å². The number of rotatable bonds is 5. The average Bonchev–Trinajstić information content (AvgIpc) is 1.81. The van der Waals surface area contributed by atoms with Gasteiger partial charge in [-0.15, -0.1) is 0 Å². The van der Waals surface area contributed by atoms with Gasteiger partial charge in [0.05, 0.1) is 6.54 Å². The molecule has 0 fully saturated rings. The maximum absolute atomic E-state index is 12.0. The van der Waals surface area contributed by atoms with E-state index in [0.717, 1.165) is 4.90 Å². The van der Waals surface area contributed by atoms with E-state index in [2.05, 4.69) is 0 Å². The molecule has 7 heteroatoms. The number of primary amides is 1. The molecule has 1 amide bonds. The molecule has 0 heterocycles. The quantitative estimate of drug-likeness (QED) is 0.654. The largest absolute Gasteiger partial charge is 0.492 e. The molecule has 0 bridgehead atoms. The highest BCUT2D eigenvalue weighted by molar-refractivity contribution is 6.58. The minimum Gasteiger partial charge on any atom is -0.448 e. The van der Waals surface area contributed by atoms with Crippen molar-refractivity contribution < 1.29 is 17.7 Å². The van der Waals surface area contributed by atoms with Gasteiger partial charge < -0.3 is 23.6 Å². The second-order valence-electron chi connectivity index (χ2n) is 3.20. The fraction of sp³-hybridized carbons (Fsp3) is 0.833. The van der Waals surface area contributed by atoms with Gasteiger partial charge >= 0.3 is 6.98 Å². The molecule has 13 heavy (non-hydrogen) atoms. The Morgan fingerprint density at radius 3 is 2.15 bits per heavy atom. The summed E-state index contributed by atoms with van der Waals surface area (Å²) in [6.45, 7) is -2.07. The molecule has 0 aliphatic heterocycles. The van der Waals surface area contributed by atoms with Crippen LogP contribution in [0, 0.1) is 0 Å².